The van der Waals surface area contributed by atoms with E-state index in [9.17, 15) is 14.7 Å². The van der Waals surface area contributed by atoms with Crippen molar-refractivity contribution in [2.75, 3.05) is 13.7 Å². The quantitative estimate of drug-likeness (QED) is 0.258. The molecule has 0 saturated heterocycles. The first-order valence-corrected chi connectivity index (χ1v) is 11.4. The Morgan fingerprint density at radius 1 is 1.00 bits per heavy atom. The van der Waals surface area contributed by atoms with Gasteiger partial charge in [-0.25, -0.2) is 0 Å². The second kappa shape index (κ2) is 11.6. The number of azo groups is 1. The van der Waals surface area contributed by atoms with Gasteiger partial charge >= 0.3 is 0 Å². The third kappa shape index (κ3) is 5.85. The summed E-state index contributed by atoms with van der Waals surface area (Å²) in [4.78, 5) is 24.4. The van der Waals surface area contributed by atoms with Crippen LogP contribution in [0.1, 0.15) is 11.1 Å². The molecular weight excluding hydrogens is 456 g/mol. The lowest BCUT2D eigenvalue weighted by Crippen LogP contribution is -2.26. The predicted molar refractivity (Wildman–Crippen MR) is 138 cm³/mol. The molecule has 0 radical (unpaired) electrons. The van der Waals surface area contributed by atoms with Gasteiger partial charge in [0.25, 0.3) is 5.91 Å². The summed E-state index contributed by atoms with van der Waals surface area (Å²) in [5, 5.41) is 21.8. The number of ether oxygens (including phenoxy) is 1. The predicted octanol–water partition coefficient (Wildman–Crippen LogP) is 5.04. The fraction of sp³-hybridized carbons (Fsp3) is 0.143. The van der Waals surface area contributed by atoms with Crippen LogP contribution in [0.2, 0.25) is 0 Å². The molecule has 4 aromatic rings. The first-order valence-electron chi connectivity index (χ1n) is 11.4. The molecule has 1 aromatic heterocycles. The van der Waals surface area contributed by atoms with E-state index in [2.05, 4.69) is 15.5 Å². The lowest BCUT2D eigenvalue weighted by molar-refractivity contribution is -0.122. The van der Waals surface area contributed by atoms with Gasteiger partial charge in [0.1, 0.15) is 12.3 Å². The van der Waals surface area contributed by atoms with Gasteiger partial charge in [-0.2, -0.15) is 0 Å². The number of methoxy groups -OCH3 is 1. The van der Waals surface area contributed by atoms with Crippen LogP contribution in [0.4, 0.5) is 5.69 Å². The SMILES string of the molecule is COc1ccccc1C=CC(=O)NCC(=O)N=Nc1c(O)n(CCc2ccccc2)c2ccccc12. The molecule has 4 rings (SSSR count). The van der Waals surface area contributed by atoms with Crippen LogP contribution < -0.4 is 10.1 Å². The number of para-hydroxylation sites is 2. The molecule has 8 nitrogen and oxygen atoms in total. The Labute approximate surface area is 208 Å². The molecule has 0 aliphatic heterocycles. The number of nitrogens with zero attached hydrogens (tertiary/aromatic N) is 3. The van der Waals surface area contributed by atoms with E-state index in [1.165, 1.54) is 6.08 Å². The molecule has 0 bridgehead atoms. The molecule has 2 N–H and O–H groups in total. The summed E-state index contributed by atoms with van der Waals surface area (Å²) in [5.74, 6) is -0.527. The lowest BCUT2D eigenvalue weighted by Gasteiger charge is -2.07. The van der Waals surface area contributed by atoms with Crippen molar-refractivity contribution in [3.05, 3.63) is 96.1 Å². The normalized spacial score (nSPS) is 11.4. The summed E-state index contributed by atoms with van der Waals surface area (Å²) in [6.45, 7) is 0.209. The largest absolute Gasteiger partial charge is 0.496 e. The lowest BCUT2D eigenvalue weighted by atomic mass is 10.1. The maximum atomic E-state index is 12.3. The van der Waals surface area contributed by atoms with Crippen LogP contribution >= 0.6 is 0 Å². The zero-order chi connectivity index (χ0) is 25.3. The van der Waals surface area contributed by atoms with Crippen LogP contribution in [0.5, 0.6) is 11.6 Å². The third-order valence-corrected chi connectivity index (χ3v) is 5.61. The summed E-state index contributed by atoms with van der Waals surface area (Å²) in [6.07, 6.45) is 3.63. The number of aromatic nitrogens is 1. The molecule has 8 heteroatoms. The van der Waals surface area contributed by atoms with Crippen LogP contribution in [0.3, 0.4) is 0 Å². The molecule has 0 unspecified atom stereocenters. The summed E-state index contributed by atoms with van der Waals surface area (Å²) < 4.78 is 7.00. The molecule has 2 amide bonds. The maximum Gasteiger partial charge on any atom is 0.283 e. The van der Waals surface area contributed by atoms with Gasteiger partial charge in [0.15, 0.2) is 5.69 Å². The molecule has 1 heterocycles. The van der Waals surface area contributed by atoms with Crippen LogP contribution in [0, 0.1) is 0 Å². The Bertz CT molecular complexity index is 1420. The number of hydrogen-bond donors (Lipinski definition) is 2. The second-order valence-corrected chi connectivity index (χ2v) is 7.96. The van der Waals surface area contributed by atoms with Crippen molar-refractivity contribution in [1.29, 1.82) is 0 Å². The highest BCUT2D eigenvalue weighted by Gasteiger charge is 2.16. The van der Waals surface area contributed by atoms with Crippen molar-refractivity contribution < 1.29 is 19.4 Å². The van der Waals surface area contributed by atoms with Crippen molar-refractivity contribution in [2.24, 2.45) is 10.2 Å². The van der Waals surface area contributed by atoms with E-state index in [1.807, 2.05) is 72.8 Å². The standard InChI is InChI=1S/C28H26N4O4/c1-36-24-14-8-5-11-21(24)15-16-25(33)29-19-26(34)30-31-27-22-12-6-7-13-23(22)32(28(27)35)18-17-20-9-3-2-4-10-20/h2-16,35H,17-19H2,1H3,(H,29,33). The number of amides is 2. The van der Waals surface area contributed by atoms with Crippen molar-refractivity contribution in [3.63, 3.8) is 0 Å². The molecule has 0 atom stereocenters. The van der Waals surface area contributed by atoms with E-state index in [1.54, 1.807) is 23.8 Å². The molecule has 182 valence electrons. The summed E-state index contributed by atoms with van der Waals surface area (Å²) in [5.41, 5.74) is 2.89. The van der Waals surface area contributed by atoms with Gasteiger partial charge in [-0.15, -0.1) is 10.2 Å². The smallest absolute Gasteiger partial charge is 0.283 e. The van der Waals surface area contributed by atoms with Crippen molar-refractivity contribution >= 4 is 34.5 Å². The summed E-state index contributed by atoms with van der Waals surface area (Å²) in [6, 6.07) is 24.6. The van der Waals surface area contributed by atoms with E-state index in [0.717, 1.165) is 23.1 Å². The minimum Gasteiger partial charge on any atom is -0.496 e. The van der Waals surface area contributed by atoms with E-state index in [0.29, 0.717) is 17.7 Å². The average molecular weight is 483 g/mol. The fourth-order valence-electron chi connectivity index (χ4n) is 3.81. The maximum absolute atomic E-state index is 12.3. The molecule has 0 spiro atoms. The topological polar surface area (TPSA) is 105 Å². The van der Waals surface area contributed by atoms with Gasteiger partial charge < -0.3 is 19.7 Å². The van der Waals surface area contributed by atoms with Gasteiger partial charge in [0, 0.05) is 23.6 Å². The fourth-order valence-corrected chi connectivity index (χ4v) is 3.81. The molecular formula is C28H26N4O4. The number of rotatable bonds is 9. The van der Waals surface area contributed by atoms with Crippen LogP contribution in [-0.4, -0.2) is 35.1 Å². The Hall–Kier alpha value is -4.72. The van der Waals surface area contributed by atoms with Gasteiger partial charge in [-0.1, -0.05) is 66.7 Å². The molecule has 0 aliphatic rings. The highest BCUT2D eigenvalue weighted by Crippen LogP contribution is 2.38. The van der Waals surface area contributed by atoms with Crippen LogP contribution in [-0.2, 0) is 22.6 Å². The van der Waals surface area contributed by atoms with E-state index in [4.69, 9.17) is 4.74 Å². The monoisotopic (exact) mass is 482 g/mol. The highest BCUT2D eigenvalue weighted by molar-refractivity contribution is 5.96. The Morgan fingerprint density at radius 2 is 1.72 bits per heavy atom. The van der Waals surface area contributed by atoms with Crippen molar-refractivity contribution in [3.8, 4) is 11.6 Å². The Kier molecular flexibility index (Phi) is 7.87. The number of aryl methyl sites for hydroxylation is 2. The zero-order valence-electron chi connectivity index (χ0n) is 19.8. The Balaban J connectivity index is 1.41. The molecule has 3 aromatic carbocycles. The first kappa shape index (κ1) is 24.4. The average Bonchev–Trinajstić information content (AvgIpc) is 3.19. The number of nitrogens with one attached hydrogen (secondary N) is 1. The summed E-state index contributed by atoms with van der Waals surface area (Å²) in [7, 11) is 1.55. The number of benzene rings is 3. The minimum absolute atomic E-state index is 0.0625. The van der Waals surface area contributed by atoms with Crippen molar-refractivity contribution in [2.45, 2.75) is 13.0 Å². The Morgan fingerprint density at radius 3 is 2.53 bits per heavy atom. The number of hydrogen-bond acceptors (Lipinski definition) is 5. The zero-order valence-corrected chi connectivity index (χ0v) is 19.8. The van der Waals surface area contributed by atoms with E-state index < -0.39 is 11.8 Å². The van der Waals surface area contributed by atoms with Crippen LogP contribution in [0.15, 0.2) is 95.2 Å². The molecule has 0 fully saturated rings. The molecule has 0 aliphatic carbocycles. The van der Waals surface area contributed by atoms with Crippen LogP contribution in [0.25, 0.3) is 17.0 Å². The van der Waals surface area contributed by atoms with Gasteiger partial charge in [0.2, 0.25) is 11.8 Å². The summed E-state index contributed by atoms with van der Waals surface area (Å²) >= 11 is 0. The number of carbonyl (C=O) groups is 2. The third-order valence-electron chi connectivity index (χ3n) is 5.61. The second-order valence-electron chi connectivity index (χ2n) is 7.96. The molecule has 36 heavy (non-hydrogen) atoms. The van der Waals surface area contributed by atoms with E-state index in [-0.39, 0.29) is 18.1 Å². The van der Waals surface area contributed by atoms with Gasteiger partial charge in [-0.05, 0) is 30.2 Å². The van der Waals surface area contributed by atoms with E-state index >= 15 is 0 Å². The van der Waals surface area contributed by atoms with Gasteiger partial charge in [-0.3, -0.25) is 9.59 Å². The molecule has 0 saturated carbocycles. The number of aromatic hydroxyl groups is 1. The van der Waals surface area contributed by atoms with Crippen molar-refractivity contribution in [1.82, 2.24) is 9.88 Å². The van der Waals surface area contributed by atoms with Gasteiger partial charge in [0.05, 0.1) is 12.6 Å². The first-order chi connectivity index (χ1) is 17.6. The minimum atomic E-state index is -0.644. The highest BCUT2D eigenvalue weighted by atomic mass is 16.5. The number of fused-ring (bicyclic) bond motifs is 1. The number of carbonyl (C=O) groups excluding carboxylic acids is 2.